The van der Waals surface area contributed by atoms with Crippen molar-refractivity contribution in [3.05, 3.63) is 29.5 Å². The van der Waals surface area contributed by atoms with Gasteiger partial charge in [-0.2, -0.15) is 0 Å². The van der Waals surface area contributed by atoms with Gasteiger partial charge in [-0.05, 0) is 12.1 Å². The van der Waals surface area contributed by atoms with Crippen LogP contribution in [0.4, 0.5) is 8.78 Å². The average Bonchev–Trinajstić information content (AvgIpc) is 2.73. The predicted molar refractivity (Wildman–Crippen MR) is 67.4 cm³/mol. The zero-order valence-electron chi connectivity index (χ0n) is 9.92. The van der Waals surface area contributed by atoms with Gasteiger partial charge in [0.2, 0.25) is 0 Å². The Morgan fingerprint density at radius 3 is 2.80 bits per heavy atom. The van der Waals surface area contributed by atoms with E-state index in [9.17, 15) is 17.2 Å². The number of aliphatic hydroxyl groups excluding tert-OH is 1. The molecule has 2 aromatic heterocycles. The number of rotatable bonds is 5. The number of sulfonamides is 1. The summed E-state index contributed by atoms with van der Waals surface area (Å²) in [6.07, 6.45) is 1.40. The van der Waals surface area contributed by atoms with Crippen molar-refractivity contribution in [2.45, 2.75) is 10.9 Å². The molecule has 2 N–H and O–H groups in total. The topological polar surface area (TPSA) is 83.7 Å². The molecule has 110 valence electrons. The Hall–Kier alpha value is -1.29. The zero-order chi connectivity index (χ0) is 15.0. The van der Waals surface area contributed by atoms with Crippen LogP contribution >= 0.6 is 11.6 Å². The molecule has 0 spiro atoms. The fraction of sp³-hybridized carbons (Fsp3) is 0.300. The second-order valence-electron chi connectivity index (χ2n) is 3.98. The molecule has 0 aliphatic carbocycles. The third-order valence-electron chi connectivity index (χ3n) is 2.45. The lowest BCUT2D eigenvalue weighted by atomic mass is 10.4. The number of alkyl halides is 2. The number of nitrogens with zero attached hydrogens (tertiary/aromatic N) is 2. The van der Waals surface area contributed by atoms with Gasteiger partial charge in [0.15, 0.2) is 10.2 Å². The summed E-state index contributed by atoms with van der Waals surface area (Å²) < 4.78 is 52.7. The Kier molecular flexibility index (Phi) is 3.96. The first-order valence-electron chi connectivity index (χ1n) is 5.38. The summed E-state index contributed by atoms with van der Waals surface area (Å²) in [7, 11) is -4.29. The zero-order valence-corrected chi connectivity index (χ0v) is 11.5. The standard InChI is InChI=1S/C10H10ClF2N3O3S/c11-8-9(16-4-2-1-3-7(16)15-8)20(18,19)14-5-10(12,13)6-17/h1-4,14,17H,5-6H2. The molecule has 0 amide bonds. The third-order valence-corrected chi connectivity index (χ3v) is 4.25. The van der Waals surface area contributed by atoms with E-state index in [1.54, 1.807) is 16.9 Å². The Morgan fingerprint density at radius 2 is 2.15 bits per heavy atom. The van der Waals surface area contributed by atoms with Gasteiger partial charge >= 0.3 is 0 Å². The van der Waals surface area contributed by atoms with Crippen molar-refractivity contribution in [3.8, 4) is 0 Å². The summed E-state index contributed by atoms with van der Waals surface area (Å²) in [6, 6.07) is 4.70. The first-order chi connectivity index (χ1) is 9.27. The van der Waals surface area contributed by atoms with Gasteiger partial charge in [-0.25, -0.2) is 26.9 Å². The van der Waals surface area contributed by atoms with Crippen LogP contribution in [0.2, 0.25) is 5.15 Å². The first kappa shape index (κ1) is 15.1. The van der Waals surface area contributed by atoms with Crippen molar-refractivity contribution in [1.29, 1.82) is 0 Å². The molecule has 2 rings (SSSR count). The van der Waals surface area contributed by atoms with Crippen LogP contribution in [0, 0.1) is 0 Å². The van der Waals surface area contributed by atoms with E-state index in [2.05, 4.69) is 4.98 Å². The molecule has 0 atom stereocenters. The number of halogens is 3. The molecule has 6 nitrogen and oxygen atoms in total. The van der Waals surface area contributed by atoms with Crippen LogP contribution in [0.3, 0.4) is 0 Å². The van der Waals surface area contributed by atoms with Gasteiger partial charge in [0, 0.05) is 6.20 Å². The van der Waals surface area contributed by atoms with Crippen molar-refractivity contribution in [2.24, 2.45) is 0 Å². The van der Waals surface area contributed by atoms with E-state index in [0.29, 0.717) is 0 Å². The molecule has 0 saturated heterocycles. The fourth-order valence-corrected chi connectivity index (χ4v) is 3.21. The summed E-state index contributed by atoms with van der Waals surface area (Å²) in [6.45, 7) is -2.70. The monoisotopic (exact) mass is 325 g/mol. The highest BCUT2D eigenvalue weighted by Crippen LogP contribution is 2.23. The van der Waals surface area contributed by atoms with Crippen LogP contribution in [0.25, 0.3) is 5.65 Å². The Labute approximate surface area is 118 Å². The minimum absolute atomic E-state index is 0.270. The van der Waals surface area contributed by atoms with Gasteiger partial charge in [-0.1, -0.05) is 17.7 Å². The van der Waals surface area contributed by atoms with Crippen LogP contribution in [0.5, 0.6) is 0 Å². The van der Waals surface area contributed by atoms with Crippen LogP contribution < -0.4 is 4.72 Å². The minimum atomic E-state index is -4.29. The number of fused-ring (bicyclic) bond motifs is 1. The van der Waals surface area contributed by atoms with E-state index in [1.165, 1.54) is 16.7 Å². The molecule has 0 saturated carbocycles. The fourth-order valence-electron chi connectivity index (χ4n) is 1.51. The van der Waals surface area contributed by atoms with E-state index in [-0.39, 0.29) is 10.8 Å². The maximum atomic E-state index is 12.9. The summed E-state index contributed by atoms with van der Waals surface area (Å²) in [5.74, 6) is -3.56. The van der Waals surface area contributed by atoms with E-state index in [1.807, 2.05) is 0 Å². The van der Waals surface area contributed by atoms with Gasteiger partial charge in [-0.15, -0.1) is 0 Å². The number of imidazole rings is 1. The molecule has 10 heteroatoms. The largest absolute Gasteiger partial charge is 0.390 e. The highest BCUT2D eigenvalue weighted by Gasteiger charge is 2.32. The van der Waals surface area contributed by atoms with Crippen molar-refractivity contribution < 1.29 is 22.3 Å². The SMILES string of the molecule is O=S(=O)(NCC(F)(F)CO)c1c(Cl)nc2ccccn12. The van der Waals surface area contributed by atoms with E-state index < -0.39 is 34.1 Å². The number of pyridine rings is 1. The molecule has 0 aliphatic heterocycles. The van der Waals surface area contributed by atoms with Crippen molar-refractivity contribution in [1.82, 2.24) is 14.1 Å². The lowest BCUT2D eigenvalue weighted by Gasteiger charge is -2.14. The lowest BCUT2D eigenvalue weighted by molar-refractivity contribution is -0.0437. The maximum absolute atomic E-state index is 12.9. The van der Waals surface area contributed by atoms with Gasteiger partial charge in [0.05, 0.1) is 6.54 Å². The molecule has 20 heavy (non-hydrogen) atoms. The van der Waals surface area contributed by atoms with Gasteiger partial charge in [-0.3, -0.25) is 4.40 Å². The van der Waals surface area contributed by atoms with Crippen LogP contribution in [-0.4, -0.2) is 42.0 Å². The van der Waals surface area contributed by atoms with Crippen LogP contribution in [-0.2, 0) is 10.0 Å². The average molecular weight is 326 g/mol. The second kappa shape index (κ2) is 5.24. The Bertz CT molecular complexity index is 732. The van der Waals surface area contributed by atoms with E-state index in [4.69, 9.17) is 16.7 Å². The van der Waals surface area contributed by atoms with Crippen molar-refractivity contribution in [3.63, 3.8) is 0 Å². The third kappa shape index (κ3) is 2.90. The second-order valence-corrected chi connectivity index (χ2v) is 6.02. The molecule has 0 aliphatic rings. The lowest BCUT2D eigenvalue weighted by Crippen LogP contribution is -2.39. The number of nitrogens with one attached hydrogen (secondary N) is 1. The smallest absolute Gasteiger partial charge is 0.283 e. The molecule has 0 aromatic carbocycles. The quantitative estimate of drug-likeness (QED) is 0.855. The molecular formula is C10H10ClF2N3O3S. The summed E-state index contributed by atoms with van der Waals surface area (Å²) in [5, 5.41) is 7.67. The van der Waals surface area contributed by atoms with Gasteiger partial charge in [0.25, 0.3) is 15.9 Å². The molecule has 0 unspecified atom stereocenters. The summed E-state index contributed by atoms with van der Waals surface area (Å²) in [4.78, 5) is 3.82. The molecule has 2 heterocycles. The number of hydrogen-bond donors (Lipinski definition) is 2. The summed E-state index contributed by atoms with van der Waals surface area (Å²) >= 11 is 5.75. The highest BCUT2D eigenvalue weighted by molar-refractivity contribution is 7.89. The summed E-state index contributed by atoms with van der Waals surface area (Å²) in [5.41, 5.74) is 0.270. The Morgan fingerprint density at radius 1 is 1.45 bits per heavy atom. The Balaban J connectivity index is 2.40. The predicted octanol–water partition coefficient (Wildman–Crippen LogP) is 0.894. The normalized spacial score (nSPS) is 13.0. The van der Waals surface area contributed by atoms with Crippen LogP contribution in [0.15, 0.2) is 29.4 Å². The molecule has 2 aromatic rings. The number of aromatic nitrogens is 2. The van der Waals surface area contributed by atoms with E-state index in [0.717, 1.165) is 0 Å². The maximum Gasteiger partial charge on any atom is 0.283 e. The van der Waals surface area contributed by atoms with Gasteiger partial charge < -0.3 is 5.11 Å². The molecule has 0 radical (unpaired) electrons. The minimum Gasteiger partial charge on any atom is -0.390 e. The molecule has 0 fully saturated rings. The molecular weight excluding hydrogens is 316 g/mol. The molecule has 0 bridgehead atoms. The van der Waals surface area contributed by atoms with Crippen LogP contribution in [0.1, 0.15) is 0 Å². The van der Waals surface area contributed by atoms with E-state index >= 15 is 0 Å². The number of hydrogen-bond acceptors (Lipinski definition) is 4. The van der Waals surface area contributed by atoms with Crippen molar-refractivity contribution in [2.75, 3.05) is 13.2 Å². The first-order valence-corrected chi connectivity index (χ1v) is 7.24. The van der Waals surface area contributed by atoms with Crippen molar-refractivity contribution >= 4 is 27.3 Å². The highest BCUT2D eigenvalue weighted by atomic mass is 35.5. The number of aliphatic hydroxyl groups is 1. The van der Waals surface area contributed by atoms with Gasteiger partial charge in [0.1, 0.15) is 12.3 Å².